The number of benzene rings is 2. The van der Waals surface area contributed by atoms with E-state index in [0.717, 1.165) is 43.2 Å². The Morgan fingerprint density at radius 2 is 1.69 bits per heavy atom. The number of hydrogen-bond donors (Lipinski definition) is 0. The van der Waals surface area contributed by atoms with Crippen LogP contribution in [0.3, 0.4) is 0 Å². The van der Waals surface area contributed by atoms with Gasteiger partial charge in [-0.3, -0.25) is 4.90 Å². The second-order valence-electron chi connectivity index (χ2n) is 11.0. The standard InChI is InChI=1S/C24H31NO3.C9H16.C2H2/c1-24(2)17-22(21-11-10-20(26-3)16-23(21)28-24)18-6-8-19(9-7-18)27-15-14-25-12-4-5-13-25;1-4-5-6-7-8-9(2)3;1-2/h6-11,16,22H,4-5,12-15,17H2,1-3H3;5-9H,4H2,1-3H3;1-2H/b;6-5-,8-7-;/t22-;;/m1../s1. The average Bonchev–Trinajstić information content (AvgIpc) is 3.45. The summed E-state index contributed by atoms with van der Waals surface area (Å²) in [5.41, 5.74) is 2.31. The quantitative estimate of drug-likeness (QED) is 0.241. The summed E-state index contributed by atoms with van der Waals surface area (Å²) in [5.74, 6) is 3.68. The SMILES string of the molecule is C#C.CC/C=C\C=C/C(C)C.COc1ccc2c(c1)OC(C)(C)C[C@@H]2c1ccc(OCCN2CCCC2)cc1. The first kappa shape index (κ1) is 32.1. The van der Waals surface area contributed by atoms with Crippen LogP contribution in [0.1, 0.15) is 77.3 Å². The molecule has 2 aliphatic rings. The van der Waals surface area contributed by atoms with Gasteiger partial charge in [0.25, 0.3) is 0 Å². The predicted molar refractivity (Wildman–Crippen MR) is 165 cm³/mol. The fourth-order valence-electron chi connectivity index (χ4n) is 4.85. The van der Waals surface area contributed by atoms with Gasteiger partial charge in [0.2, 0.25) is 0 Å². The van der Waals surface area contributed by atoms with E-state index in [0.29, 0.717) is 11.8 Å². The first-order chi connectivity index (χ1) is 18.8. The fraction of sp³-hybridized carbons (Fsp3) is 0.486. The van der Waals surface area contributed by atoms with Gasteiger partial charge >= 0.3 is 0 Å². The van der Waals surface area contributed by atoms with Crippen LogP contribution in [0.2, 0.25) is 0 Å². The number of fused-ring (bicyclic) bond motifs is 1. The molecule has 4 rings (SSSR count). The monoisotopic (exact) mass is 531 g/mol. The van der Waals surface area contributed by atoms with Crippen molar-refractivity contribution in [1.29, 1.82) is 0 Å². The fourth-order valence-corrected chi connectivity index (χ4v) is 4.85. The second-order valence-corrected chi connectivity index (χ2v) is 11.0. The molecule has 4 nitrogen and oxygen atoms in total. The Labute approximate surface area is 238 Å². The minimum absolute atomic E-state index is 0.213. The third kappa shape index (κ3) is 10.9. The van der Waals surface area contributed by atoms with Crippen LogP contribution in [0.4, 0.5) is 0 Å². The average molecular weight is 532 g/mol. The van der Waals surface area contributed by atoms with Crippen LogP contribution in [-0.2, 0) is 0 Å². The van der Waals surface area contributed by atoms with Crippen LogP contribution in [-0.4, -0.2) is 43.9 Å². The maximum Gasteiger partial charge on any atom is 0.127 e. The van der Waals surface area contributed by atoms with Gasteiger partial charge in [0.1, 0.15) is 29.5 Å². The Morgan fingerprint density at radius 1 is 1.03 bits per heavy atom. The summed E-state index contributed by atoms with van der Waals surface area (Å²) in [4.78, 5) is 2.48. The molecule has 212 valence electrons. The molecule has 1 fully saturated rings. The van der Waals surface area contributed by atoms with Crippen molar-refractivity contribution in [1.82, 2.24) is 4.90 Å². The smallest absolute Gasteiger partial charge is 0.127 e. The molecule has 0 radical (unpaired) electrons. The lowest BCUT2D eigenvalue weighted by molar-refractivity contribution is 0.0771. The lowest BCUT2D eigenvalue weighted by atomic mass is 9.80. The topological polar surface area (TPSA) is 30.9 Å². The van der Waals surface area contributed by atoms with Crippen molar-refractivity contribution in [3.8, 4) is 30.1 Å². The summed E-state index contributed by atoms with van der Waals surface area (Å²) in [6.07, 6.45) is 21.3. The van der Waals surface area contributed by atoms with E-state index in [1.54, 1.807) is 7.11 Å². The molecule has 39 heavy (non-hydrogen) atoms. The number of nitrogens with zero attached hydrogens (tertiary/aromatic N) is 1. The van der Waals surface area contributed by atoms with Gasteiger partial charge in [-0.2, -0.15) is 0 Å². The van der Waals surface area contributed by atoms with Crippen molar-refractivity contribution in [3.63, 3.8) is 0 Å². The van der Waals surface area contributed by atoms with Gasteiger partial charge in [0.05, 0.1) is 7.11 Å². The Balaban J connectivity index is 0.000000415. The largest absolute Gasteiger partial charge is 0.497 e. The minimum Gasteiger partial charge on any atom is -0.497 e. The first-order valence-corrected chi connectivity index (χ1v) is 14.3. The maximum absolute atomic E-state index is 6.23. The number of terminal acetylenes is 1. The summed E-state index contributed by atoms with van der Waals surface area (Å²) in [7, 11) is 1.69. The number of hydrogen-bond acceptors (Lipinski definition) is 4. The molecule has 0 aromatic heterocycles. The summed E-state index contributed by atoms with van der Waals surface area (Å²) in [5, 5.41) is 0. The van der Waals surface area contributed by atoms with E-state index < -0.39 is 0 Å². The van der Waals surface area contributed by atoms with Crippen LogP contribution >= 0.6 is 0 Å². The molecule has 0 saturated carbocycles. The third-order valence-electron chi connectivity index (χ3n) is 6.81. The summed E-state index contributed by atoms with van der Waals surface area (Å²) in [6, 6.07) is 14.8. The Bertz CT molecular complexity index is 1040. The molecule has 4 heteroatoms. The molecule has 1 atom stereocenters. The molecule has 0 N–H and O–H groups in total. The molecule has 0 bridgehead atoms. The molecule has 2 aromatic carbocycles. The van der Waals surface area contributed by atoms with Crippen molar-refractivity contribution in [2.45, 2.75) is 71.8 Å². The van der Waals surface area contributed by atoms with Gasteiger partial charge < -0.3 is 14.2 Å². The number of likely N-dealkylation sites (tertiary alicyclic amines) is 1. The highest BCUT2D eigenvalue weighted by molar-refractivity contribution is 5.49. The summed E-state index contributed by atoms with van der Waals surface area (Å²) in [6.45, 7) is 15.0. The highest BCUT2D eigenvalue weighted by Gasteiger charge is 2.34. The summed E-state index contributed by atoms with van der Waals surface area (Å²) < 4.78 is 17.6. The molecule has 0 amide bonds. The van der Waals surface area contributed by atoms with Crippen LogP contribution in [0, 0.1) is 18.8 Å². The normalized spacial score (nSPS) is 18.0. The van der Waals surface area contributed by atoms with Gasteiger partial charge in [0.15, 0.2) is 0 Å². The molecule has 1 saturated heterocycles. The molecule has 2 heterocycles. The van der Waals surface area contributed by atoms with Crippen molar-refractivity contribution >= 4 is 0 Å². The Morgan fingerprint density at radius 3 is 2.31 bits per heavy atom. The van der Waals surface area contributed by atoms with E-state index in [-0.39, 0.29) is 5.60 Å². The molecule has 0 unspecified atom stereocenters. The molecule has 0 aliphatic carbocycles. The third-order valence-corrected chi connectivity index (χ3v) is 6.81. The zero-order valence-corrected chi connectivity index (χ0v) is 25.0. The van der Waals surface area contributed by atoms with Crippen molar-refractivity contribution in [2.24, 2.45) is 5.92 Å². The van der Waals surface area contributed by atoms with Crippen LogP contribution in [0.15, 0.2) is 66.8 Å². The second kappa shape index (κ2) is 16.7. The van der Waals surface area contributed by atoms with Gasteiger partial charge in [0, 0.05) is 24.1 Å². The molecular formula is C35H49NO3. The zero-order valence-electron chi connectivity index (χ0n) is 25.0. The van der Waals surface area contributed by atoms with Crippen molar-refractivity contribution in [3.05, 3.63) is 77.9 Å². The van der Waals surface area contributed by atoms with Crippen molar-refractivity contribution < 1.29 is 14.2 Å². The lowest BCUT2D eigenvalue weighted by Gasteiger charge is -2.38. The number of rotatable bonds is 9. The van der Waals surface area contributed by atoms with E-state index in [9.17, 15) is 0 Å². The predicted octanol–water partition coefficient (Wildman–Crippen LogP) is 8.28. The Kier molecular flexibility index (Phi) is 13.7. The summed E-state index contributed by atoms with van der Waals surface area (Å²) >= 11 is 0. The number of methoxy groups -OCH3 is 1. The molecule has 2 aliphatic heterocycles. The van der Waals surface area contributed by atoms with Gasteiger partial charge in [-0.1, -0.05) is 63.3 Å². The molecular weight excluding hydrogens is 482 g/mol. The van der Waals surface area contributed by atoms with Gasteiger partial charge in [-0.05, 0) is 82.3 Å². The molecule has 0 spiro atoms. The van der Waals surface area contributed by atoms with E-state index in [2.05, 4.69) is 107 Å². The highest BCUT2D eigenvalue weighted by atomic mass is 16.5. The zero-order chi connectivity index (χ0) is 28.7. The lowest BCUT2D eigenvalue weighted by Crippen LogP contribution is -2.35. The number of ether oxygens (including phenoxy) is 3. The van der Waals surface area contributed by atoms with Gasteiger partial charge in [-0.15, -0.1) is 12.8 Å². The van der Waals surface area contributed by atoms with E-state index in [4.69, 9.17) is 14.2 Å². The minimum atomic E-state index is -0.213. The molecule has 2 aromatic rings. The number of allylic oxidation sites excluding steroid dienone is 4. The van der Waals surface area contributed by atoms with Gasteiger partial charge in [-0.25, -0.2) is 0 Å². The van der Waals surface area contributed by atoms with E-state index >= 15 is 0 Å². The van der Waals surface area contributed by atoms with Crippen LogP contribution in [0.5, 0.6) is 17.2 Å². The van der Waals surface area contributed by atoms with Crippen LogP contribution < -0.4 is 14.2 Å². The Hall–Kier alpha value is -3.16. The van der Waals surface area contributed by atoms with Crippen LogP contribution in [0.25, 0.3) is 0 Å². The first-order valence-electron chi connectivity index (χ1n) is 14.3. The highest BCUT2D eigenvalue weighted by Crippen LogP contribution is 2.45. The maximum atomic E-state index is 6.23. The van der Waals surface area contributed by atoms with E-state index in [1.807, 2.05) is 12.1 Å². The van der Waals surface area contributed by atoms with Crippen molar-refractivity contribution in [2.75, 3.05) is 33.4 Å². The van der Waals surface area contributed by atoms with E-state index in [1.165, 1.54) is 37.1 Å².